The molecule has 2 fully saturated rings. The maximum absolute atomic E-state index is 13.3. The number of fused-ring (bicyclic) bond motifs is 2. The molecule has 3 rings (SSSR count). The summed E-state index contributed by atoms with van der Waals surface area (Å²) < 4.78 is 19.2. The summed E-state index contributed by atoms with van der Waals surface area (Å²) in [5.74, 6) is 0.194. The van der Waals surface area contributed by atoms with E-state index < -0.39 is 5.82 Å². The molecule has 2 N–H and O–H groups in total. The Morgan fingerprint density at radius 2 is 1.94 bits per heavy atom. The van der Waals surface area contributed by atoms with E-state index in [0.29, 0.717) is 17.8 Å². The third-order valence-electron chi connectivity index (χ3n) is 4.33. The topological polar surface area (TPSA) is 38.5 Å². The Morgan fingerprint density at radius 1 is 1.28 bits per heavy atom. The van der Waals surface area contributed by atoms with Gasteiger partial charge >= 0.3 is 0 Å². The maximum atomic E-state index is 13.3. The first kappa shape index (κ1) is 11.8. The van der Waals surface area contributed by atoms with Crippen molar-refractivity contribution >= 4 is 5.69 Å². The number of nitrogen functional groups attached to an aromatic ring is 1. The molecule has 2 unspecified atom stereocenters. The van der Waals surface area contributed by atoms with Crippen molar-refractivity contribution in [2.45, 2.75) is 43.9 Å². The molecule has 1 aromatic rings. The molecule has 98 valence electrons. The Labute approximate surface area is 107 Å². The monoisotopic (exact) mass is 250 g/mol. The molecule has 1 aromatic carbocycles. The second-order valence-electron chi connectivity index (χ2n) is 5.45. The summed E-state index contributed by atoms with van der Waals surface area (Å²) in [4.78, 5) is 2.46. The summed E-state index contributed by atoms with van der Waals surface area (Å²) >= 11 is 0. The second-order valence-corrected chi connectivity index (χ2v) is 5.45. The number of nitrogens with zero attached hydrogens (tertiary/aromatic N) is 1. The van der Waals surface area contributed by atoms with Crippen LogP contribution >= 0.6 is 0 Å². The van der Waals surface area contributed by atoms with E-state index in [1.807, 2.05) is 0 Å². The Balaban J connectivity index is 1.68. The minimum atomic E-state index is -0.400. The van der Waals surface area contributed by atoms with Gasteiger partial charge in [-0.15, -0.1) is 0 Å². The van der Waals surface area contributed by atoms with Crippen LogP contribution in [0.15, 0.2) is 18.2 Å². The number of piperidine rings is 1. The smallest absolute Gasteiger partial charge is 0.149 e. The van der Waals surface area contributed by atoms with Gasteiger partial charge in [0.15, 0.2) is 0 Å². The second kappa shape index (κ2) is 4.43. The van der Waals surface area contributed by atoms with Crippen molar-refractivity contribution in [3.63, 3.8) is 0 Å². The summed E-state index contributed by atoms with van der Waals surface area (Å²) in [6, 6.07) is 5.96. The predicted octanol–water partition coefficient (Wildman–Crippen LogP) is 2.41. The van der Waals surface area contributed by atoms with E-state index in [0.717, 1.165) is 12.8 Å². The number of nitrogens with two attached hydrogens (primary N) is 1. The third-order valence-corrected chi connectivity index (χ3v) is 4.33. The van der Waals surface area contributed by atoms with Gasteiger partial charge in [-0.3, -0.25) is 0 Å². The zero-order chi connectivity index (χ0) is 12.7. The highest BCUT2D eigenvalue weighted by atomic mass is 19.1. The van der Waals surface area contributed by atoms with Gasteiger partial charge in [0.25, 0.3) is 0 Å². The molecule has 0 aromatic heterocycles. The molecule has 0 radical (unpaired) electrons. The Kier molecular flexibility index (Phi) is 2.90. The van der Waals surface area contributed by atoms with Crippen LogP contribution in [0.25, 0.3) is 0 Å². The van der Waals surface area contributed by atoms with Crippen LogP contribution in [0.2, 0.25) is 0 Å². The van der Waals surface area contributed by atoms with E-state index in [4.69, 9.17) is 10.5 Å². The maximum Gasteiger partial charge on any atom is 0.149 e. The van der Waals surface area contributed by atoms with Crippen LogP contribution in [0.5, 0.6) is 5.75 Å². The molecule has 0 amide bonds. The van der Waals surface area contributed by atoms with Crippen molar-refractivity contribution in [2.24, 2.45) is 0 Å². The van der Waals surface area contributed by atoms with Crippen molar-refractivity contribution in [1.82, 2.24) is 4.90 Å². The lowest BCUT2D eigenvalue weighted by molar-refractivity contribution is 0.0660. The predicted molar refractivity (Wildman–Crippen MR) is 69.0 cm³/mol. The first-order valence-corrected chi connectivity index (χ1v) is 6.57. The molecule has 0 saturated carbocycles. The molecule has 2 saturated heterocycles. The lowest BCUT2D eigenvalue weighted by Crippen LogP contribution is -2.43. The van der Waals surface area contributed by atoms with Gasteiger partial charge in [-0.25, -0.2) is 4.39 Å². The van der Waals surface area contributed by atoms with Gasteiger partial charge < -0.3 is 15.4 Å². The van der Waals surface area contributed by atoms with E-state index in [-0.39, 0.29) is 11.8 Å². The van der Waals surface area contributed by atoms with E-state index in [1.54, 1.807) is 12.1 Å². The van der Waals surface area contributed by atoms with Gasteiger partial charge in [0.1, 0.15) is 17.7 Å². The standard InChI is InChI=1S/C14H19FN2O/c1-17-9-2-3-10(17)7-12(6-9)18-11-4-5-14(16)13(15)8-11/h4-5,8-10,12H,2-3,6-7,16H2,1H3. The van der Waals surface area contributed by atoms with E-state index in [1.165, 1.54) is 18.9 Å². The van der Waals surface area contributed by atoms with E-state index in [9.17, 15) is 4.39 Å². The lowest BCUT2D eigenvalue weighted by Gasteiger charge is -2.36. The molecule has 2 heterocycles. The molecule has 18 heavy (non-hydrogen) atoms. The van der Waals surface area contributed by atoms with Gasteiger partial charge in [0, 0.05) is 18.2 Å². The minimum absolute atomic E-state index is 0.172. The van der Waals surface area contributed by atoms with Gasteiger partial charge in [-0.1, -0.05) is 0 Å². The molecular weight excluding hydrogens is 231 g/mol. The third kappa shape index (κ3) is 2.05. The number of hydrogen-bond acceptors (Lipinski definition) is 3. The van der Waals surface area contributed by atoms with Crippen LogP contribution in [-0.2, 0) is 0 Å². The highest BCUT2D eigenvalue weighted by molar-refractivity contribution is 5.43. The quantitative estimate of drug-likeness (QED) is 0.819. The SMILES string of the molecule is CN1C2CCC1CC(Oc1ccc(N)c(F)c1)C2. The molecule has 0 spiro atoms. The van der Waals surface area contributed by atoms with Crippen LogP contribution < -0.4 is 10.5 Å². The highest BCUT2D eigenvalue weighted by Crippen LogP contribution is 2.36. The number of rotatable bonds is 2. The van der Waals surface area contributed by atoms with Crippen molar-refractivity contribution in [3.8, 4) is 5.75 Å². The largest absolute Gasteiger partial charge is 0.490 e. The Bertz CT molecular complexity index is 437. The van der Waals surface area contributed by atoms with Gasteiger partial charge in [0.2, 0.25) is 0 Å². The van der Waals surface area contributed by atoms with E-state index >= 15 is 0 Å². The fraction of sp³-hybridized carbons (Fsp3) is 0.571. The number of benzene rings is 1. The zero-order valence-corrected chi connectivity index (χ0v) is 10.6. The summed E-state index contributed by atoms with van der Waals surface area (Å²) in [6.45, 7) is 0. The lowest BCUT2D eigenvalue weighted by atomic mass is 10.0. The summed E-state index contributed by atoms with van der Waals surface area (Å²) in [6.07, 6.45) is 4.81. The highest BCUT2D eigenvalue weighted by Gasteiger charge is 2.39. The Morgan fingerprint density at radius 3 is 2.56 bits per heavy atom. The van der Waals surface area contributed by atoms with Crippen LogP contribution in [0.1, 0.15) is 25.7 Å². The first-order valence-electron chi connectivity index (χ1n) is 6.57. The van der Waals surface area contributed by atoms with Crippen molar-refractivity contribution < 1.29 is 9.13 Å². The van der Waals surface area contributed by atoms with Crippen LogP contribution in [0, 0.1) is 5.82 Å². The van der Waals surface area contributed by atoms with E-state index in [2.05, 4.69) is 11.9 Å². The van der Waals surface area contributed by atoms with Crippen molar-refractivity contribution in [1.29, 1.82) is 0 Å². The summed E-state index contributed by atoms with van der Waals surface area (Å²) in [5, 5.41) is 0. The molecule has 2 bridgehead atoms. The van der Waals surface area contributed by atoms with Crippen LogP contribution in [0.4, 0.5) is 10.1 Å². The van der Waals surface area contributed by atoms with Crippen molar-refractivity contribution in [3.05, 3.63) is 24.0 Å². The van der Waals surface area contributed by atoms with Crippen molar-refractivity contribution in [2.75, 3.05) is 12.8 Å². The molecule has 2 aliphatic rings. The van der Waals surface area contributed by atoms with Gasteiger partial charge in [-0.2, -0.15) is 0 Å². The Hall–Kier alpha value is -1.29. The molecule has 3 nitrogen and oxygen atoms in total. The van der Waals surface area contributed by atoms with Gasteiger partial charge in [-0.05, 0) is 44.9 Å². The summed E-state index contributed by atoms with van der Waals surface area (Å²) in [5.41, 5.74) is 5.63. The molecule has 0 aliphatic carbocycles. The zero-order valence-electron chi connectivity index (χ0n) is 10.6. The number of hydrogen-bond donors (Lipinski definition) is 1. The number of ether oxygens (including phenoxy) is 1. The number of halogens is 1. The average Bonchev–Trinajstić information content (AvgIpc) is 2.58. The average molecular weight is 250 g/mol. The molecule has 2 atom stereocenters. The normalized spacial score (nSPS) is 31.6. The van der Waals surface area contributed by atoms with Crippen LogP contribution in [0.3, 0.4) is 0 Å². The van der Waals surface area contributed by atoms with Gasteiger partial charge in [0.05, 0.1) is 5.69 Å². The fourth-order valence-corrected chi connectivity index (χ4v) is 3.23. The molecule has 2 aliphatic heterocycles. The fourth-order valence-electron chi connectivity index (χ4n) is 3.23. The number of anilines is 1. The molecule has 4 heteroatoms. The van der Waals surface area contributed by atoms with Crippen LogP contribution in [-0.4, -0.2) is 30.1 Å². The molecular formula is C14H19FN2O. The first-order chi connectivity index (χ1) is 8.63. The summed E-state index contributed by atoms with van der Waals surface area (Å²) in [7, 11) is 2.20. The minimum Gasteiger partial charge on any atom is -0.490 e.